The average Bonchev–Trinajstić information content (AvgIpc) is 2.67. The van der Waals surface area contributed by atoms with Gasteiger partial charge in [-0.2, -0.15) is 4.31 Å². The van der Waals surface area contributed by atoms with Crippen LogP contribution >= 0.6 is 12.4 Å². The number of hydrogen-bond acceptors (Lipinski definition) is 4. The lowest BCUT2D eigenvalue weighted by atomic mass is 10.1. The predicted molar refractivity (Wildman–Crippen MR) is 110 cm³/mol. The molecular weight excluding hydrogens is 386 g/mol. The number of nitrogens with two attached hydrogens (primary N) is 1. The lowest BCUT2D eigenvalue weighted by Gasteiger charge is -2.26. The van der Waals surface area contributed by atoms with E-state index >= 15 is 0 Å². The fraction of sp³-hybridized carbons (Fsp3) is 0.632. The monoisotopic (exact) mass is 417 g/mol. The summed E-state index contributed by atoms with van der Waals surface area (Å²) in [5, 5.41) is 2.86. The highest BCUT2D eigenvalue weighted by atomic mass is 35.5. The van der Waals surface area contributed by atoms with Gasteiger partial charge < -0.3 is 11.1 Å². The normalized spacial score (nSPS) is 15.1. The number of amides is 1. The van der Waals surface area contributed by atoms with Crippen molar-refractivity contribution in [3.8, 4) is 0 Å². The molecule has 6 nitrogen and oxygen atoms in total. The molecule has 0 aliphatic carbocycles. The van der Waals surface area contributed by atoms with Gasteiger partial charge in [-0.3, -0.25) is 4.79 Å². The van der Waals surface area contributed by atoms with Crippen LogP contribution in [-0.4, -0.2) is 38.3 Å². The molecular formula is C19H32ClN3O3S. The van der Waals surface area contributed by atoms with Gasteiger partial charge in [-0.25, -0.2) is 8.42 Å². The number of benzene rings is 1. The molecule has 1 aromatic rings. The maximum atomic E-state index is 12.9. The standard InChI is InChI=1S/C19H31N3O3S.ClH/c20-13-7-2-1-4-12-19(23)21-16-17-10-5-6-11-18(17)26(24,25)22-14-8-3-9-15-22;/h5-6,10-11H,1-4,7-9,12-16,20H2,(H,21,23);1H. The molecule has 8 heteroatoms. The molecule has 0 aromatic heterocycles. The van der Waals surface area contributed by atoms with E-state index in [0.717, 1.165) is 44.9 Å². The lowest BCUT2D eigenvalue weighted by molar-refractivity contribution is -0.121. The van der Waals surface area contributed by atoms with Crippen molar-refractivity contribution in [2.75, 3.05) is 19.6 Å². The van der Waals surface area contributed by atoms with E-state index in [0.29, 0.717) is 36.5 Å². The van der Waals surface area contributed by atoms with Gasteiger partial charge in [0.05, 0.1) is 4.90 Å². The van der Waals surface area contributed by atoms with E-state index < -0.39 is 10.0 Å². The Morgan fingerprint density at radius 2 is 1.70 bits per heavy atom. The van der Waals surface area contributed by atoms with Gasteiger partial charge in [0.2, 0.25) is 15.9 Å². The zero-order chi connectivity index (χ0) is 18.8. The number of carbonyl (C=O) groups is 1. The summed E-state index contributed by atoms with van der Waals surface area (Å²) in [6.45, 7) is 2.08. The molecule has 2 rings (SSSR count). The third-order valence-corrected chi connectivity index (χ3v) is 6.74. The SMILES string of the molecule is Cl.NCCCCCCC(=O)NCc1ccccc1S(=O)(=O)N1CCCCC1. The number of sulfonamides is 1. The molecule has 27 heavy (non-hydrogen) atoms. The highest BCUT2D eigenvalue weighted by molar-refractivity contribution is 7.89. The van der Waals surface area contributed by atoms with Crippen LogP contribution < -0.4 is 11.1 Å². The Balaban J connectivity index is 0.00000364. The molecule has 1 saturated heterocycles. The molecule has 3 N–H and O–H groups in total. The number of nitrogens with one attached hydrogen (secondary N) is 1. The van der Waals surface area contributed by atoms with Gasteiger partial charge in [-0.15, -0.1) is 12.4 Å². The summed E-state index contributed by atoms with van der Waals surface area (Å²) in [4.78, 5) is 12.3. The van der Waals surface area contributed by atoms with E-state index in [1.807, 2.05) is 6.07 Å². The van der Waals surface area contributed by atoms with Gasteiger partial charge in [-0.05, 0) is 43.9 Å². The number of piperidine rings is 1. The predicted octanol–water partition coefficient (Wildman–Crippen LogP) is 2.81. The van der Waals surface area contributed by atoms with Gasteiger partial charge >= 0.3 is 0 Å². The van der Waals surface area contributed by atoms with E-state index in [1.54, 1.807) is 22.5 Å². The topological polar surface area (TPSA) is 92.5 Å². The van der Waals surface area contributed by atoms with Crippen LogP contribution in [0.15, 0.2) is 29.2 Å². The molecule has 1 aliphatic rings. The number of rotatable bonds is 10. The van der Waals surface area contributed by atoms with Crippen LogP contribution in [0.25, 0.3) is 0 Å². The van der Waals surface area contributed by atoms with Crippen LogP contribution in [0.3, 0.4) is 0 Å². The van der Waals surface area contributed by atoms with E-state index in [4.69, 9.17) is 5.73 Å². The molecule has 154 valence electrons. The molecule has 0 saturated carbocycles. The largest absolute Gasteiger partial charge is 0.352 e. The van der Waals surface area contributed by atoms with E-state index in [-0.39, 0.29) is 24.9 Å². The molecule has 0 atom stereocenters. The number of nitrogens with zero attached hydrogens (tertiary/aromatic N) is 1. The highest BCUT2D eigenvalue weighted by Gasteiger charge is 2.27. The maximum absolute atomic E-state index is 12.9. The summed E-state index contributed by atoms with van der Waals surface area (Å²) in [5.74, 6) is -0.0390. The summed E-state index contributed by atoms with van der Waals surface area (Å²) in [7, 11) is -3.50. The number of carbonyl (C=O) groups excluding carboxylic acids is 1. The van der Waals surface area contributed by atoms with Gasteiger partial charge in [-0.1, -0.05) is 37.5 Å². The Bertz CT molecular complexity index is 677. The second kappa shape index (κ2) is 12.3. The quantitative estimate of drug-likeness (QED) is 0.572. The zero-order valence-corrected chi connectivity index (χ0v) is 17.5. The first-order chi connectivity index (χ1) is 12.6. The van der Waals surface area contributed by atoms with Crippen LogP contribution in [0.5, 0.6) is 0 Å². The molecule has 1 heterocycles. The summed E-state index contributed by atoms with van der Waals surface area (Å²) < 4.78 is 27.4. The summed E-state index contributed by atoms with van der Waals surface area (Å²) in [6, 6.07) is 6.96. The first-order valence-electron chi connectivity index (χ1n) is 9.60. The maximum Gasteiger partial charge on any atom is 0.243 e. The Labute approximate surface area is 169 Å². The summed E-state index contributed by atoms with van der Waals surface area (Å²) in [6.07, 6.45) is 7.21. The van der Waals surface area contributed by atoms with Crippen molar-refractivity contribution in [2.24, 2.45) is 5.73 Å². The fourth-order valence-corrected chi connectivity index (χ4v) is 4.95. The zero-order valence-electron chi connectivity index (χ0n) is 15.9. The highest BCUT2D eigenvalue weighted by Crippen LogP contribution is 2.23. The number of hydrogen-bond donors (Lipinski definition) is 2. The van der Waals surface area contributed by atoms with Crippen LogP contribution in [-0.2, 0) is 21.4 Å². The second-order valence-corrected chi connectivity index (χ2v) is 8.71. The Morgan fingerprint density at radius 1 is 1.04 bits per heavy atom. The molecule has 1 fully saturated rings. The second-order valence-electron chi connectivity index (χ2n) is 6.80. The minimum absolute atomic E-state index is 0. The minimum atomic E-state index is -3.50. The van der Waals surface area contributed by atoms with Crippen LogP contribution in [0.2, 0.25) is 0 Å². The smallest absolute Gasteiger partial charge is 0.243 e. The average molecular weight is 418 g/mol. The molecule has 1 aromatic carbocycles. The molecule has 1 aliphatic heterocycles. The van der Waals surface area contributed by atoms with Crippen LogP contribution in [0.4, 0.5) is 0 Å². The van der Waals surface area contributed by atoms with Crippen molar-refractivity contribution < 1.29 is 13.2 Å². The summed E-state index contributed by atoms with van der Waals surface area (Å²) in [5.41, 5.74) is 6.10. The third-order valence-electron chi connectivity index (χ3n) is 4.74. The van der Waals surface area contributed by atoms with Crippen molar-refractivity contribution in [1.29, 1.82) is 0 Å². The Morgan fingerprint density at radius 3 is 2.41 bits per heavy atom. The number of unbranched alkanes of at least 4 members (excludes halogenated alkanes) is 3. The Hall–Kier alpha value is -1.15. The van der Waals surface area contributed by atoms with Crippen molar-refractivity contribution in [2.45, 2.75) is 62.8 Å². The van der Waals surface area contributed by atoms with Gasteiger partial charge in [0.15, 0.2) is 0 Å². The van der Waals surface area contributed by atoms with Crippen molar-refractivity contribution >= 4 is 28.3 Å². The summed E-state index contributed by atoms with van der Waals surface area (Å²) >= 11 is 0. The molecule has 0 radical (unpaired) electrons. The van der Waals surface area contributed by atoms with Crippen LogP contribution in [0, 0.1) is 0 Å². The lowest BCUT2D eigenvalue weighted by Crippen LogP contribution is -2.36. The van der Waals surface area contributed by atoms with Crippen molar-refractivity contribution in [3.05, 3.63) is 29.8 Å². The van der Waals surface area contributed by atoms with Gasteiger partial charge in [0.1, 0.15) is 0 Å². The van der Waals surface area contributed by atoms with E-state index in [1.165, 1.54) is 0 Å². The van der Waals surface area contributed by atoms with Crippen molar-refractivity contribution in [3.63, 3.8) is 0 Å². The van der Waals surface area contributed by atoms with Gasteiger partial charge in [0.25, 0.3) is 0 Å². The van der Waals surface area contributed by atoms with Crippen molar-refractivity contribution in [1.82, 2.24) is 9.62 Å². The van der Waals surface area contributed by atoms with Crippen LogP contribution in [0.1, 0.15) is 56.9 Å². The van der Waals surface area contributed by atoms with E-state index in [2.05, 4.69) is 5.32 Å². The Kier molecular flexibility index (Phi) is 10.9. The first-order valence-corrected chi connectivity index (χ1v) is 11.0. The molecule has 0 spiro atoms. The van der Waals surface area contributed by atoms with E-state index in [9.17, 15) is 13.2 Å². The first kappa shape index (κ1) is 23.9. The number of halogens is 1. The fourth-order valence-electron chi connectivity index (χ4n) is 3.21. The minimum Gasteiger partial charge on any atom is -0.352 e. The third kappa shape index (κ3) is 7.41. The molecule has 0 bridgehead atoms. The van der Waals surface area contributed by atoms with Gasteiger partial charge in [0, 0.05) is 26.1 Å². The molecule has 0 unspecified atom stereocenters. The molecule has 1 amide bonds.